The third kappa shape index (κ3) is 3.55. The van der Waals surface area contributed by atoms with Crippen LogP contribution in [-0.4, -0.2) is 18.1 Å². The van der Waals surface area contributed by atoms with Crippen LogP contribution in [0.4, 0.5) is 5.13 Å². The summed E-state index contributed by atoms with van der Waals surface area (Å²) < 4.78 is 10.7. The maximum absolute atomic E-state index is 12.1. The van der Waals surface area contributed by atoms with E-state index in [4.69, 9.17) is 15.2 Å². The molecule has 0 unspecified atom stereocenters. The molecule has 0 saturated heterocycles. The van der Waals surface area contributed by atoms with Crippen LogP contribution in [0.1, 0.15) is 15.9 Å². The van der Waals surface area contributed by atoms with Gasteiger partial charge >= 0.3 is 5.97 Å². The van der Waals surface area contributed by atoms with Crippen LogP contribution in [0.5, 0.6) is 5.75 Å². The van der Waals surface area contributed by atoms with Gasteiger partial charge in [-0.05, 0) is 23.8 Å². The third-order valence-corrected chi connectivity index (χ3v) is 4.11. The molecule has 6 heteroatoms. The maximum atomic E-state index is 12.1. The van der Waals surface area contributed by atoms with Crippen molar-refractivity contribution in [1.82, 2.24) is 4.98 Å². The van der Waals surface area contributed by atoms with E-state index in [0.717, 1.165) is 16.8 Å². The molecule has 0 amide bonds. The molecule has 1 aromatic heterocycles. The first-order valence-corrected chi connectivity index (χ1v) is 8.16. The highest BCUT2D eigenvalue weighted by Crippen LogP contribution is 2.29. The van der Waals surface area contributed by atoms with Crippen molar-refractivity contribution in [3.63, 3.8) is 0 Å². The standard InChI is InChI=1S/C18H16N2O3S/c1-22-17(21)14-9-13(15-11-24-18(19)20-15)7-8-16(14)23-10-12-5-3-2-4-6-12/h2-9,11H,10H2,1H3,(H2,19,20). The van der Waals surface area contributed by atoms with Crippen LogP contribution in [0.15, 0.2) is 53.9 Å². The quantitative estimate of drug-likeness (QED) is 0.716. The second kappa shape index (κ2) is 7.14. The molecule has 0 saturated carbocycles. The SMILES string of the molecule is COC(=O)c1cc(-c2csc(N)n2)ccc1OCc1ccccc1. The van der Waals surface area contributed by atoms with Gasteiger partial charge in [-0.1, -0.05) is 30.3 Å². The molecular formula is C18H16N2O3S. The summed E-state index contributed by atoms with van der Waals surface area (Å²) in [6, 6.07) is 15.1. The number of anilines is 1. The number of carbonyl (C=O) groups excluding carboxylic acids is 1. The lowest BCUT2D eigenvalue weighted by atomic mass is 10.1. The van der Waals surface area contributed by atoms with Gasteiger partial charge in [0.2, 0.25) is 0 Å². The molecular weight excluding hydrogens is 324 g/mol. The second-order valence-electron chi connectivity index (χ2n) is 5.05. The molecule has 3 aromatic rings. The van der Waals surface area contributed by atoms with Gasteiger partial charge in [-0.15, -0.1) is 11.3 Å². The van der Waals surface area contributed by atoms with Gasteiger partial charge in [0, 0.05) is 10.9 Å². The molecule has 2 N–H and O–H groups in total. The molecule has 1 heterocycles. The van der Waals surface area contributed by atoms with Crippen molar-refractivity contribution in [2.45, 2.75) is 6.61 Å². The van der Waals surface area contributed by atoms with Gasteiger partial charge in [-0.2, -0.15) is 0 Å². The number of nitrogens with zero attached hydrogens (tertiary/aromatic N) is 1. The zero-order valence-corrected chi connectivity index (χ0v) is 13.9. The lowest BCUT2D eigenvalue weighted by Crippen LogP contribution is -2.06. The van der Waals surface area contributed by atoms with Gasteiger partial charge in [0.05, 0.1) is 12.8 Å². The maximum Gasteiger partial charge on any atom is 0.341 e. The number of nitrogen functional groups attached to an aromatic ring is 1. The molecule has 0 aliphatic heterocycles. The number of carbonyl (C=O) groups is 1. The fourth-order valence-corrected chi connectivity index (χ4v) is 2.81. The topological polar surface area (TPSA) is 74.4 Å². The van der Waals surface area contributed by atoms with E-state index in [1.165, 1.54) is 18.4 Å². The Bertz CT molecular complexity index is 846. The van der Waals surface area contributed by atoms with Gasteiger partial charge in [0.25, 0.3) is 0 Å². The fraction of sp³-hybridized carbons (Fsp3) is 0.111. The summed E-state index contributed by atoms with van der Waals surface area (Å²) in [4.78, 5) is 16.3. The average molecular weight is 340 g/mol. The molecule has 0 bridgehead atoms. The van der Waals surface area contributed by atoms with Crippen LogP contribution in [0.3, 0.4) is 0 Å². The number of rotatable bonds is 5. The highest BCUT2D eigenvalue weighted by molar-refractivity contribution is 7.13. The van der Waals surface area contributed by atoms with E-state index in [1.54, 1.807) is 12.1 Å². The normalized spacial score (nSPS) is 10.4. The lowest BCUT2D eigenvalue weighted by Gasteiger charge is -2.11. The van der Waals surface area contributed by atoms with Gasteiger partial charge in [-0.3, -0.25) is 0 Å². The Balaban J connectivity index is 1.89. The van der Waals surface area contributed by atoms with E-state index in [9.17, 15) is 4.79 Å². The minimum Gasteiger partial charge on any atom is -0.488 e. The van der Waals surface area contributed by atoms with E-state index in [0.29, 0.717) is 23.1 Å². The van der Waals surface area contributed by atoms with Crippen molar-refractivity contribution in [2.24, 2.45) is 0 Å². The number of nitrogens with two attached hydrogens (primary N) is 1. The summed E-state index contributed by atoms with van der Waals surface area (Å²) in [5.41, 5.74) is 8.56. The van der Waals surface area contributed by atoms with Crippen molar-refractivity contribution >= 4 is 22.4 Å². The van der Waals surface area contributed by atoms with E-state index in [1.807, 2.05) is 41.8 Å². The first-order valence-electron chi connectivity index (χ1n) is 7.28. The summed E-state index contributed by atoms with van der Waals surface area (Å²) >= 11 is 1.35. The number of hydrogen-bond donors (Lipinski definition) is 1. The molecule has 122 valence electrons. The van der Waals surface area contributed by atoms with Crippen LogP contribution < -0.4 is 10.5 Å². The molecule has 0 radical (unpaired) electrons. The van der Waals surface area contributed by atoms with E-state index in [-0.39, 0.29) is 0 Å². The summed E-state index contributed by atoms with van der Waals surface area (Å²) in [5.74, 6) is 0.0146. The Morgan fingerprint density at radius 1 is 1.21 bits per heavy atom. The number of hydrogen-bond acceptors (Lipinski definition) is 6. The first-order chi connectivity index (χ1) is 11.7. The summed E-state index contributed by atoms with van der Waals surface area (Å²) in [5, 5.41) is 2.32. The summed E-state index contributed by atoms with van der Waals surface area (Å²) in [7, 11) is 1.34. The zero-order valence-electron chi connectivity index (χ0n) is 13.1. The molecule has 0 aliphatic carbocycles. The highest BCUT2D eigenvalue weighted by Gasteiger charge is 2.16. The second-order valence-corrected chi connectivity index (χ2v) is 5.94. The van der Waals surface area contributed by atoms with E-state index in [2.05, 4.69) is 4.98 Å². The predicted octanol–water partition coefficient (Wildman–Crippen LogP) is 3.76. The third-order valence-electron chi connectivity index (χ3n) is 3.44. The smallest absolute Gasteiger partial charge is 0.341 e. The molecule has 3 rings (SSSR count). The monoisotopic (exact) mass is 340 g/mol. The Kier molecular flexibility index (Phi) is 4.77. The van der Waals surface area contributed by atoms with Crippen LogP contribution in [-0.2, 0) is 11.3 Å². The number of methoxy groups -OCH3 is 1. The van der Waals surface area contributed by atoms with Crippen molar-refractivity contribution in [3.8, 4) is 17.0 Å². The van der Waals surface area contributed by atoms with Gasteiger partial charge < -0.3 is 15.2 Å². The summed E-state index contributed by atoms with van der Waals surface area (Å²) in [6.45, 7) is 0.369. The van der Waals surface area contributed by atoms with Gasteiger partial charge in [0.1, 0.15) is 17.9 Å². The molecule has 5 nitrogen and oxygen atoms in total. The minimum absolute atomic E-state index is 0.359. The van der Waals surface area contributed by atoms with Crippen LogP contribution >= 0.6 is 11.3 Å². The minimum atomic E-state index is -0.455. The molecule has 0 aliphatic rings. The van der Waals surface area contributed by atoms with Gasteiger partial charge in [0.15, 0.2) is 5.13 Å². The molecule has 24 heavy (non-hydrogen) atoms. The average Bonchev–Trinajstić information content (AvgIpc) is 3.06. The Morgan fingerprint density at radius 3 is 2.67 bits per heavy atom. The number of ether oxygens (including phenoxy) is 2. The predicted molar refractivity (Wildman–Crippen MR) is 94.1 cm³/mol. The van der Waals surface area contributed by atoms with Gasteiger partial charge in [-0.25, -0.2) is 9.78 Å². The number of thiazole rings is 1. The van der Waals surface area contributed by atoms with Crippen molar-refractivity contribution in [3.05, 3.63) is 65.0 Å². The number of benzene rings is 2. The molecule has 0 spiro atoms. The van der Waals surface area contributed by atoms with E-state index >= 15 is 0 Å². The number of aromatic nitrogens is 1. The van der Waals surface area contributed by atoms with Crippen molar-refractivity contribution in [1.29, 1.82) is 0 Å². The van der Waals surface area contributed by atoms with Crippen molar-refractivity contribution < 1.29 is 14.3 Å². The fourth-order valence-electron chi connectivity index (χ4n) is 2.24. The first kappa shape index (κ1) is 16.0. The summed E-state index contributed by atoms with van der Waals surface area (Å²) in [6.07, 6.45) is 0. The molecule has 0 fully saturated rings. The highest BCUT2D eigenvalue weighted by atomic mass is 32.1. The zero-order chi connectivity index (χ0) is 16.9. The van der Waals surface area contributed by atoms with Crippen LogP contribution in [0, 0.1) is 0 Å². The molecule has 2 aromatic carbocycles. The van der Waals surface area contributed by atoms with Crippen LogP contribution in [0.25, 0.3) is 11.3 Å². The lowest BCUT2D eigenvalue weighted by molar-refractivity contribution is 0.0595. The Hall–Kier alpha value is -2.86. The molecule has 0 atom stereocenters. The van der Waals surface area contributed by atoms with E-state index < -0.39 is 5.97 Å². The Morgan fingerprint density at radius 2 is 2.00 bits per heavy atom. The largest absolute Gasteiger partial charge is 0.488 e. The van der Waals surface area contributed by atoms with Crippen molar-refractivity contribution in [2.75, 3.05) is 12.8 Å². The number of esters is 1. The van der Waals surface area contributed by atoms with Crippen LogP contribution in [0.2, 0.25) is 0 Å². The Labute approximate surface area is 143 Å².